The van der Waals surface area contributed by atoms with Crippen molar-refractivity contribution in [2.45, 2.75) is 31.1 Å². The molecule has 1 fully saturated rings. The number of H-pyrrole nitrogens is 1. The van der Waals surface area contributed by atoms with E-state index < -0.39 is 0 Å². The van der Waals surface area contributed by atoms with Gasteiger partial charge < -0.3 is 10.4 Å². The molecule has 3 N–H and O–H groups in total. The van der Waals surface area contributed by atoms with Gasteiger partial charge in [0.1, 0.15) is 5.75 Å². The van der Waals surface area contributed by atoms with Gasteiger partial charge >= 0.3 is 0 Å². The van der Waals surface area contributed by atoms with Crippen molar-refractivity contribution in [2.24, 2.45) is 0 Å². The number of benzene rings is 2. The Morgan fingerprint density at radius 3 is 2.63 bits per heavy atom. The summed E-state index contributed by atoms with van der Waals surface area (Å²) in [6.07, 6.45) is 3.22. The molecule has 1 aliphatic carbocycles. The van der Waals surface area contributed by atoms with Crippen molar-refractivity contribution in [3.05, 3.63) is 83.2 Å². The molecule has 1 atom stereocenters. The number of amides is 1. The summed E-state index contributed by atoms with van der Waals surface area (Å²) in [6, 6.07) is 18.9. The molecule has 1 heterocycles. The number of aromatic hydroxyl groups is 1. The lowest BCUT2D eigenvalue weighted by molar-refractivity contribution is 0.0948. The van der Waals surface area contributed by atoms with E-state index in [9.17, 15) is 9.90 Å². The number of para-hydroxylation sites is 1. The van der Waals surface area contributed by atoms with Crippen molar-refractivity contribution in [1.82, 2.24) is 15.5 Å². The standard InChI is InChI=1S/C22H23N3O2/c26-21-9-5-4-8-19(21)22(27)23-14-17(15-6-2-1-3-7-15)12-18-13-20(25-24-18)16-10-11-16/h1-9,13,16-17,26H,10-12,14H2,(H,23,27)(H,24,25). The summed E-state index contributed by atoms with van der Waals surface area (Å²) >= 11 is 0. The number of carbonyl (C=O) groups excluding carboxylic acids is 1. The van der Waals surface area contributed by atoms with Crippen LogP contribution in [0, 0.1) is 0 Å². The first kappa shape index (κ1) is 17.3. The van der Waals surface area contributed by atoms with Crippen molar-refractivity contribution >= 4 is 5.91 Å². The Morgan fingerprint density at radius 2 is 1.89 bits per heavy atom. The van der Waals surface area contributed by atoms with E-state index in [-0.39, 0.29) is 17.6 Å². The minimum absolute atomic E-state index is 0.00564. The number of nitrogens with zero attached hydrogens (tertiary/aromatic N) is 1. The van der Waals surface area contributed by atoms with E-state index in [0.717, 1.165) is 23.4 Å². The summed E-state index contributed by atoms with van der Waals surface area (Å²) in [7, 11) is 0. The number of phenols is 1. The molecule has 1 unspecified atom stereocenters. The lowest BCUT2D eigenvalue weighted by Gasteiger charge is -2.18. The predicted molar refractivity (Wildman–Crippen MR) is 104 cm³/mol. The van der Waals surface area contributed by atoms with Crippen molar-refractivity contribution in [3.8, 4) is 5.75 Å². The second-order valence-corrected chi connectivity index (χ2v) is 7.13. The monoisotopic (exact) mass is 361 g/mol. The average molecular weight is 361 g/mol. The first-order chi connectivity index (χ1) is 13.2. The number of nitrogens with one attached hydrogen (secondary N) is 2. The van der Waals surface area contributed by atoms with Gasteiger partial charge in [-0.05, 0) is 43.0 Å². The molecular weight excluding hydrogens is 338 g/mol. The van der Waals surface area contributed by atoms with Gasteiger partial charge in [0.2, 0.25) is 0 Å². The van der Waals surface area contributed by atoms with Gasteiger partial charge in [0.25, 0.3) is 5.91 Å². The van der Waals surface area contributed by atoms with Gasteiger partial charge in [-0.3, -0.25) is 9.89 Å². The van der Waals surface area contributed by atoms with Crippen molar-refractivity contribution in [2.75, 3.05) is 6.54 Å². The summed E-state index contributed by atoms with van der Waals surface area (Å²) in [5, 5.41) is 20.4. The van der Waals surface area contributed by atoms with Gasteiger partial charge in [0.15, 0.2) is 0 Å². The zero-order valence-electron chi connectivity index (χ0n) is 15.1. The van der Waals surface area contributed by atoms with Crippen LogP contribution in [0.25, 0.3) is 0 Å². The molecule has 1 aliphatic rings. The van der Waals surface area contributed by atoms with Gasteiger partial charge in [-0.25, -0.2) is 0 Å². The fourth-order valence-electron chi connectivity index (χ4n) is 3.35. The molecule has 0 spiro atoms. The highest BCUT2D eigenvalue weighted by atomic mass is 16.3. The fourth-order valence-corrected chi connectivity index (χ4v) is 3.35. The smallest absolute Gasteiger partial charge is 0.255 e. The van der Waals surface area contributed by atoms with Crippen molar-refractivity contribution in [1.29, 1.82) is 0 Å². The third-order valence-electron chi connectivity index (χ3n) is 5.04. The lowest BCUT2D eigenvalue weighted by atomic mass is 9.94. The lowest BCUT2D eigenvalue weighted by Crippen LogP contribution is -2.29. The maximum absolute atomic E-state index is 12.5. The molecule has 1 amide bonds. The minimum Gasteiger partial charge on any atom is -0.507 e. The molecule has 1 saturated carbocycles. The zero-order chi connectivity index (χ0) is 18.6. The van der Waals surface area contributed by atoms with Crippen LogP contribution in [0.4, 0.5) is 0 Å². The molecule has 0 aliphatic heterocycles. The molecule has 4 rings (SSSR count). The maximum atomic E-state index is 12.5. The molecule has 0 radical (unpaired) electrons. The highest BCUT2D eigenvalue weighted by Gasteiger charge is 2.26. The molecule has 3 aromatic rings. The number of rotatable bonds is 7. The van der Waals surface area contributed by atoms with Gasteiger partial charge in [-0.1, -0.05) is 42.5 Å². The van der Waals surface area contributed by atoms with Crippen LogP contribution >= 0.6 is 0 Å². The Balaban J connectivity index is 1.48. The third kappa shape index (κ3) is 4.19. The number of carbonyl (C=O) groups is 1. The third-order valence-corrected chi connectivity index (χ3v) is 5.04. The second kappa shape index (κ2) is 7.66. The first-order valence-corrected chi connectivity index (χ1v) is 9.36. The van der Waals surface area contributed by atoms with E-state index in [2.05, 4.69) is 33.7 Å². The summed E-state index contributed by atoms with van der Waals surface area (Å²) in [4.78, 5) is 12.5. The summed E-state index contributed by atoms with van der Waals surface area (Å²) in [5.74, 6) is 0.464. The summed E-state index contributed by atoms with van der Waals surface area (Å²) in [6.45, 7) is 0.481. The van der Waals surface area contributed by atoms with Crippen LogP contribution in [0.5, 0.6) is 5.75 Å². The van der Waals surface area contributed by atoms with Gasteiger partial charge in [0.05, 0.1) is 11.3 Å². The summed E-state index contributed by atoms with van der Waals surface area (Å²) in [5.41, 5.74) is 3.69. The van der Waals surface area contributed by atoms with Gasteiger partial charge in [-0.2, -0.15) is 5.10 Å². The topological polar surface area (TPSA) is 78.0 Å². The van der Waals surface area contributed by atoms with Crippen LogP contribution in [-0.4, -0.2) is 27.8 Å². The van der Waals surface area contributed by atoms with Crippen LogP contribution < -0.4 is 5.32 Å². The number of aromatic nitrogens is 2. The van der Waals surface area contributed by atoms with E-state index in [1.54, 1.807) is 18.2 Å². The molecule has 27 heavy (non-hydrogen) atoms. The zero-order valence-corrected chi connectivity index (χ0v) is 15.1. The van der Waals surface area contributed by atoms with Gasteiger partial charge in [-0.15, -0.1) is 0 Å². The maximum Gasteiger partial charge on any atom is 0.255 e. The number of hydrogen-bond donors (Lipinski definition) is 3. The van der Waals surface area contributed by atoms with E-state index in [1.165, 1.54) is 18.9 Å². The SMILES string of the molecule is O=C(NCC(Cc1cc(C2CC2)n[nH]1)c1ccccc1)c1ccccc1O. The number of hydrogen-bond acceptors (Lipinski definition) is 3. The Kier molecular flexibility index (Phi) is 4.92. The summed E-state index contributed by atoms with van der Waals surface area (Å²) < 4.78 is 0. The molecule has 0 bridgehead atoms. The molecule has 5 nitrogen and oxygen atoms in total. The van der Waals surface area contributed by atoms with E-state index in [4.69, 9.17) is 0 Å². The molecule has 2 aromatic carbocycles. The molecule has 138 valence electrons. The Hall–Kier alpha value is -3.08. The predicted octanol–water partition coefficient (Wildman–Crippen LogP) is 3.75. The molecule has 1 aromatic heterocycles. The Labute approximate surface area is 158 Å². The average Bonchev–Trinajstić information content (AvgIpc) is 3.45. The first-order valence-electron chi connectivity index (χ1n) is 9.36. The molecule has 5 heteroatoms. The van der Waals surface area contributed by atoms with E-state index in [1.807, 2.05) is 18.2 Å². The highest BCUT2D eigenvalue weighted by Crippen LogP contribution is 2.39. The van der Waals surface area contributed by atoms with Crippen molar-refractivity contribution in [3.63, 3.8) is 0 Å². The fraction of sp³-hybridized carbons (Fsp3) is 0.273. The van der Waals surface area contributed by atoms with Crippen LogP contribution in [0.3, 0.4) is 0 Å². The minimum atomic E-state index is -0.266. The van der Waals surface area contributed by atoms with Crippen LogP contribution in [0.1, 0.15) is 52.0 Å². The van der Waals surface area contributed by atoms with Crippen LogP contribution in [0.2, 0.25) is 0 Å². The second-order valence-electron chi connectivity index (χ2n) is 7.13. The van der Waals surface area contributed by atoms with Crippen LogP contribution in [-0.2, 0) is 6.42 Å². The van der Waals surface area contributed by atoms with Crippen LogP contribution in [0.15, 0.2) is 60.7 Å². The largest absolute Gasteiger partial charge is 0.507 e. The quantitative estimate of drug-likeness (QED) is 0.600. The highest BCUT2D eigenvalue weighted by molar-refractivity contribution is 5.96. The van der Waals surface area contributed by atoms with Gasteiger partial charge in [0, 0.05) is 24.1 Å². The number of phenolic OH excluding ortho intramolecular Hbond substituents is 1. The molecule has 0 saturated heterocycles. The Bertz CT molecular complexity index is 916. The van der Waals surface area contributed by atoms with Crippen molar-refractivity contribution < 1.29 is 9.90 Å². The normalized spacial score (nSPS) is 14.7. The van der Waals surface area contributed by atoms with E-state index >= 15 is 0 Å². The molecular formula is C22H23N3O2. The Morgan fingerprint density at radius 1 is 1.15 bits per heavy atom. The number of aromatic amines is 1. The van der Waals surface area contributed by atoms with E-state index in [0.29, 0.717) is 18.0 Å².